The lowest BCUT2D eigenvalue weighted by molar-refractivity contribution is -0.167. The van der Waals surface area contributed by atoms with E-state index in [2.05, 4.69) is 41.5 Å². The molecule has 0 aliphatic rings. The molecule has 0 aromatic carbocycles. The summed E-state index contributed by atoms with van der Waals surface area (Å²) in [6.45, 7) is 13.8. The zero-order chi connectivity index (χ0) is 50.5. The Morgan fingerprint density at radius 1 is 0.290 bits per heavy atom. The average molecular weight is 976 g/mol. The fraction of sp³-hybridized carbons (Fsp3) is 0.952. The number of rotatable bonds is 56. The molecule has 6 heteroatoms. The highest BCUT2D eigenvalue weighted by Crippen LogP contribution is 2.19. The first-order chi connectivity index (χ1) is 33.6. The van der Waals surface area contributed by atoms with Crippen LogP contribution in [0.4, 0.5) is 0 Å². The van der Waals surface area contributed by atoms with Gasteiger partial charge in [-0.2, -0.15) is 0 Å². The third-order valence-corrected chi connectivity index (χ3v) is 14.8. The number of hydrogen-bond donors (Lipinski definition) is 0. The van der Waals surface area contributed by atoms with Crippen LogP contribution in [0.15, 0.2) is 0 Å². The van der Waals surface area contributed by atoms with Gasteiger partial charge in [-0.15, -0.1) is 0 Å². The summed E-state index contributed by atoms with van der Waals surface area (Å²) in [4.78, 5) is 38.2. The van der Waals surface area contributed by atoms with Crippen molar-refractivity contribution < 1.29 is 28.6 Å². The van der Waals surface area contributed by atoms with Crippen molar-refractivity contribution in [2.24, 2.45) is 17.8 Å². The molecule has 0 bridgehead atoms. The molecule has 0 saturated carbocycles. The molecule has 0 radical (unpaired) electrons. The maximum absolute atomic E-state index is 12.9. The van der Waals surface area contributed by atoms with Crippen LogP contribution in [0.3, 0.4) is 0 Å². The first kappa shape index (κ1) is 67.4. The van der Waals surface area contributed by atoms with Gasteiger partial charge in [-0.1, -0.05) is 311 Å². The van der Waals surface area contributed by atoms with Crippen LogP contribution in [-0.4, -0.2) is 37.2 Å². The van der Waals surface area contributed by atoms with Crippen molar-refractivity contribution in [2.75, 3.05) is 13.2 Å². The summed E-state index contributed by atoms with van der Waals surface area (Å²) >= 11 is 0. The minimum absolute atomic E-state index is 0.0632. The van der Waals surface area contributed by atoms with E-state index in [1.807, 2.05) is 0 Å². The summed E-state index contributed by atoms with van der Waals surface area (Å²) in [7, 11) is 0. The smallest absolute Gasteiger partial charge is 0.306 e. The SMILES string of the molecule is CCC(C)CCCCCCCCCCCCCCCCC(=O)OC[C@@H](COC(=O)CCCCCCCCCCCC(C)C)OC(=O)CCCCCCCCCCCCCCCCCCCCC(C)C. The predicted molar refractivity (Wildman–Crippen MR) is 298 cm³/mol. The first-order valence-corrected chi connectivity index (χ1v) is 31.1. The minimum atomic E-state index is -0.764. The molecule has 6 nitrogen and oxygen atoms in total. The number of esters is 3. The fourth-order valence-corrected chi connectivity index (χ4v) is 9.67. The Bertz CT molecular complexity index is 1070. The number of hydrogen-bond acceptors (Lipinski definition) is 6. The molecule has 0 heterocycles. The van der Waals surface area contributed by atoms with Crippen LogP contribution >= 0.6 is 0 Å². The lowest BCUT2D eigenvalue weighted by Gasteiger charge is -2.18. The summed E-state index contributed by atoms with van der Waals surface area (Å²) in [5.74, 6) is 1.72. The van der Waals surface area contributed by atoms with Crippen molar-refractivity contribution in [1.29, 1.82) is 0 Å². The van der Waals surface area contributed by atoms with Crippen molar-refractivity contribution in [3.63, 3.8) is 0 Å². The van der Waals surface area contributed by atoms with Crippen molar-refractivity contribution >= 4 is 17.9 Å². The standard InChI is InChI=1S/C63H122O6/c1-7-59(6)51-45-39-33-27-21-17-14-15-18-22-28-34-40-46-52-61(64)67-55-60(56-68-62(65)53-47-41-35-30-24-26-32-38-44-50-58(4)5)69-63(66)54-48-42-36-29-23-19-13-11-9-8-10-12-16-20-25-31-37-43-49-57(2)3/h57-60H,7-56H2,1-6H3/t59?,60-/m0/s1. The van der Waals surface area contributed by atoms with Gasteiger partial charge < -0.3 is 14.2 Å². The molecule has 69 heavy (non-hydrogen) atoms. The van der Waals surface area contributed by atoms with Gasteiger partial charge in [0.1, 0.15) is 13.2 Å². The second-order valence-electron chi connectivity index (χ2n) is 22.9. The maximum atomic E-state index is 12.9. The van der Waals surface area contributed by atoms with Gasteiger partial charge in [-0.3, -0.25) is 14.4 Å². The van der Waals surface area contributed by atoms with Gasteiger partial charge >= 0.3 is 17.9 Å². The Labute approximate surface area is 431 Å². The van der Waals surface area contributed by atoms with Gasteiger partial charge in [-0.05, 0) is 37.0 Å². The van der Waals surface area contributed by atoms with Crippen LogP contribution in [0.25, 0.3) is 0 Å². The van der Waals surface area contributed by atoms with E-state index >= 15 is 0 Å². The molecule has 0 N–H and O–H groups in total. The summed E-state index contributed by atoms with van der Waals surface area (Å²) in [6.07, 6.45) is 58.1. The zero-order valence-electron chi connectivity index (χ0n) is 47.6. The van der Waals surface area contributed by atoms with Gasteiger partial charge in [-0.25, -0.2) is 0 Å². The second-order valence-corrected chi connectivity index (χ2v) is 22.9. The van der Waals surface area contributed by atoms with E-state index in [0.29, 0.717) is 19.3 Å². The zero-order valence-corrected chi connectivity index (χ0v) is 47.6. The third-order valence-electron chi connectivity index (χ3n) is 14.8. The molecular weight excluding hydrogens is 853 g/mol. The molecule has 0 aliphatic heterocycles. The summed E-state index contributed by atoms with van der Waals surface area (Å²) < 4.78 is 16.9. The van der Waals surface area contributed by atoms with E-state index < -0.39 is 6.10 Å². The monoisotopic (exact) mass is 975 g/mol. The van der Waals surface area contributed by atoms with E-state index in [9.17, 15) is 14.4 Å². The molecule has 0 saturated heterocycles. The molecule has 0 fully saturated rings. The Kier molecular flexibility index (Phi) is 52.9. The van der Waals surface area contributed by atoms with Crippen molar-refractivity contribution in [2.45, 2.75) is 356 Å². The third kappa shape index (κ3) is 55.6. The molecule has 0 aliphatic carbocycles. The predicted octanol–water partition coefficient (Wildman–Crippen LogP) is 20.7. The lowest BCUT2D eigenvalue weighted by Crippen LogP contribution is -2.30. The summed E-state index contributed by atoms with van der Waals surface area (Å²) in [6, 6.07) is 0. The molecule has 0 amide bonds. The molecule has 2 atom stereocenters. The van der Waals surface area contributed by atoms with E-state index in [4.69, 9.17) is 14.2 Å². The Hall–Kier alpha value is -1.59. The molecular formula is C63H122O6. The minimum Gasteiger partial charge on any atom is -0.462 e. The van der Waals surface area contributed by atoms with Crippen molar-refractivity contribution in [3.05, 3.63) is 0 Å². The fourth-order valence-electron chi connectivity index (χ4n) is 9.67. The number of carbonyl (C=O) groups is 3. The van der Waals surface area contributed by atoms with Crippen LogP contribution in [0.5, 0.6) is 0 Å². The molecule has 0 rings (SSSR count). The highest BCUT2D eigenvalue weighted by atomic mass is 16.6. The van der Waals surface area contributed by atoms with E-state index in [0.717, 1.165) is 75.5 Å². The number of carbonyl (C=O) groups excluding carboxylic acids is 3. The Morgan fingerprint density at radius 3 is 0.754 bits per heavy atom. The van der Waals surface area contributed by atoms with Gasteiger partial charge in [0.25, 0.3) is 0 Å². The highest BCUT2D eigenvalue weighted by Gasteiger charge is 2.19. The maximum Gasteiger partial charge on any atom is 0.306 e. The number of unbranched alkanes of at least 4 members (excludes halogenated alkanes) is 38. The van der Waals surface area contributed by atoms with Crippen LogP contribution in [0.2, 0.25) is 0 Å². The van der Waals surface area contributed by atoms with E-state index in [-0.39, 0.29) is 31.1 Å². The quantitative estimate of drug-likeness (QED) is 0.0343. The summed E-state index contributed by atoms with van der Waals surface area (Å²) in [5.41, 5.74) is 0. The Morgan fingerprint density at radius 2 is 0.507 bits per heavy atom. The average Bonchev–Trinajstić information content (AvgIpc) is 3.32. The van der Waals surface area contributed by atoms with Gasteiger partial charge in [0.2, 0.25) is 0 Å². The highest BCUT2D eigenvalue weighted by molar-refractivity contribution is 5.71. The van der Waals surface area contributed by atoms with E-state index in [1.54, 1.807) is 0 Å². The summed E-state index contributed by atoms with van der Waals surface area (Å²) in [5, 5.41) is 0. The van der Waals surface area contributed by atoms with Crippen molar-refractivity contribution in [1.82, 2.24) is 0 Å². The topological polar surface area (TPSA) is 78.9 Å². The number of ether oxygens (including phenoxy) is 3. The van der Waals surface area contributed by atoms with Crippen LogP contribution in [-0.2, 0) is 28.6 Å². The largest absolute Gasteiger partial charge is 0.462 e. The molecule has 0 aromatic rings. The normalized spacial score (nSPS) is 12.5. The Balaban J connectivity index is 4.25. The first-order valence-electron chi connectivity index (χ1n) is 31.1. The van der Waals surface area contributed by atoms with Crippen LogP contribution in [0, 0.1) is 17.8 Å². The molecule has 0 aromatic heterocycles. The second kappa shape index (κ2) is 54.2. The van der Waals surface area contributed by atoms with Gasteiger partial charge in [0.15, 0.2) is 6.10 Å². The van der Waals surface area contributed by atoms with Gasteiger partial charge in [0, 0.05) is 19.3 Å². The molecule has 410 valence electrons. The van der Waals surface area contributed by atoms with Gasteiger partial charge in [0.05, 0.1) is 0 Å². The molecule has 0 spiro atoms. The molecule has 1 unspecified atom stereocenters. The van der Waals surface area contributed by atoms with Crippen LogP contribution < -0.4 is 0 Å². The van der Waals surface area contributed by atoms with Crippen molar-refractivity contribution in [3.8, 4) is 0 Å². The van der Waals surface area contributed by atoms with Crippen LogP contribution in [0.1, 0.15) is 350 Å². The van der Waals surface area contributed by atoms with E-state index in [1.165, 1.54) is 231 Å². The lowest BCUT2D eigenvalue weighted by atomic mass is 9.99.